The Morgan fingerprint density at radius 2 is 2.17 bits per heavy atom. The zero-order valence-corrected chi connectivity index (χ0v) is 13.4. The number of amides is 1. The van der Waals surface area contributed by atoms with E-state index in [1.165, 1.54) is 11.8 Å². The maximum absolute atomic E-state index is 11.9. The van der Waals surface area contributed by atoms with Gasteiger partial charge in [-0.15, -0.1) is 10.2 Å². The number of rotatable bonds is 6. The van der Waals surface area contributed by atoms with Gasteiger partial charge in [-0.25, -0.2) is 0 Å². The molecule has 7 heteroatoms. The normalized spacial score (nSPS) is 10.7. The molecule has 1 aromatic carbocycles. The molecule has 2 aromatic heterocycles. The van der Waals surface area contributed by atoms with Crippen LogP contribution in [0, 0.1) is 6.92 Å². The van der Waals surface area contributed by atoms with Gasteiger partial charge in [0.05, 0.1) is 24.2 Å². The highest BCUT2D eigenvalue weighted by Gasteiger charge is 2.11. The number of benzene rings is 1. The maximum atomic E-state index is 11.9. The number of aryl methyl sites for hydroxylation is 1. The predicted octanol–water partition coefficient (Wildman–Crippen LogP) is 2.58. The summed E-state index contributed by atoms with van der Waals surface area (Å²) in [7, 11) is 0. The quantitative estimate of drug-likeness (QED) is 0.704. The third-order valence-corrected chi connectivity index (χ3v) is 4.21. The lowest BCUT2D eigenvalue weighted by Crippen LogP contribution is -2.24. The molecule has 1 amide bonds. The third-order valence-electron chi connectivity index (χ3n) is 3.26. The van der Waals surface area contributed by atoms with Crippen LogP contribution in [-0.2, 0) is 11.3 Å². The van der Waals surface area contributed by atoms with E-state index in [2.05, 4.69) is 15.5 Å². The highest BCUT2D eigenvalue weighted by molar-refractivity contribution is 7.99. The van der Waals surface area contributed by atoms with E-state index >= 15 is 0 Å². The van der Waals surface area contributed by atoms with Gasteiger partial charge < -0.3 is 9.73 Å². The second-order valence-electron chi connectivity index (χ2n) is 4.91. The van der Waals surface area contributed by atoms with E-state index in [1.807, 2.05) is 41.8 Å². The lowest BCUT2D eigenvalue weighted by Gasteiger charge is -2.09. The van der Waals surface area contributed by atoms with Crippen molar-refractivity contribution in [1.29, 1.82) is 0 Å². The van der Waals surface area contributed by atoms with Gasteiger partial charge in [0.2, 0.25) is 5.91 Å². The predicted molar refractivity (Wildman–Crippen MR) is 87.4 cm³/mol. The van der Waals surface area contributed by atoms with Crippen LogP contribution in [0.3, 0.4) is 0 Å². The minimum Gasteiger partial charge on any atom is -0.467 e. The Balaban J connectivity index is 1.60. The van der Waals surface area contributed by atoms with E-state index in [0.29, 0.717) is 11.7 Å². The molecule has 0 spiro atoms. The van der Waals surface area contributed by atoms with Crippen LogP contribution in [0.4, 0.5) is 0 Å². The molecule has 0 saturated heterocycles. The van der Waals surface area contributed by atoms with Gasteiger partial charge in [-0.1, -0.05) is 30.0 Å². The van der Waals surface area contributed by atoms with Gasteiger partial charge in [-0.3, -0.25) is 9.36 Å². The molecule has 0 radical (unpaired) electrons. The molecule has 0 fully saturated rings. The highest BCUT2D eigenvalue weighted by atomic mass is 32.2. The van der Waals surface area contributed by atoms with Crippen LogP contribution in [0.15, 0.2) is 58.6 Å². The van der Waals surface area contributed by atoms with Gasteiger partial charge in [-0.2, -0.15) is 0 Å². The average molecular weight is 328 g/mol. The third kappa shape index (κ3) is 3.81. The van der Waals surface area contributed by atoms with Crippen LogP contribution >= 0.6 is 11.8 Å². The van der Waals surface area contributed by atoms with E-state index in [4.69, 9.17) is 4.42 Å². The first kappa shape index (κ1) is 15.4. The Morgan fingerprint density at radius 3 is 2.96 bits per heavy atom. The van der Waals surface area contributed by atoms with Crippen molar-refractivity contribution in [3.63, 3.8) is 0 Å². The molecule has 118 valence electrons. The summed E-state index contributed by atoms with van der Waals surface area (Å²) in [5, 5.41) is 11.5. The lowest BCUT2D eigenvalue weighted by molar-refractivity contribution is -0.118. The van der Waals surface area contributed by atoms with Crippen LogP contribution in [0.5, 0.6) is 0 Å². The first-order valence-corrected chi connectivity index (χ1v) is 8.10. The second kappa shape index (κ2) is 7.15. The fourth-order valence-electron chi connectivity index (χ4n) is 2.10. The van der Waals surface area contributed by atoms with Crippen molar-refractivity contribution in [2.45, 2.75) is 18.6 Å². The molecule has 23 heavy (non-hydrogen) atoms. The van der Waals surface area contributed by atoms with Crippen molar-refractivity contribution in [3.05, 3.63) is 60.3 Å². The molecule has 0 bridgehead atoms. The Kier molecular flexibility index (Phi) is 4.77. The van der Waals surface area contributed by atoms with Gasteiger partial charge in [0, 0.05) is 0 Å². The summed E-state index contributed by atoms with van der Waals surface area (Å²) in [6.45, 7) is 2.41. The summed E-state index contributed by atoms with van der Waals surface area (Å²) in [6, 6.07) is 11.6. The number of furan rings is 1. The average Bonchev–Trinajstić information content (AvgIpc) is 3.23. The molecule has 0 aliphatic carbocycles. The van der Waals surface area contributed by atoms with Crippen LogP contribution in [0.25, 0.3) is 5.69 Å². The number of nitrogens with zero attached hydrogens (tertiary/aromatic N) is 3. The summed E-state index contributed by atoms with van der Waals surface area (Å²) >= 11 is 1.35. The highest BCUT2D eigenvalue weighted by Crippen LogP contribution is 2.21. The molecule has 0 unspecified atom stereocenters. The number of carbonyl (C=O) groups is 1. The van der Waals surface area contributed by atoms with E-state index in [9.17, 15) is 4.79 Å². The molecule has 0 aliphatic rings. The zero-order chi connectivity index (χ0) is 16.1. The lowest BCUT2D eigenvalue weighted by atomic mass is 10.2. The largest absolute Gasteiger partial charge is 0.467 e. The molecule has 1 N–H and O–H groups in total. The fourth-order valence-corrected chi connectivity index (χ4v) is 2.85. The second-order valence-corrected chi connectivity index (χ2v) is 5.86. The van der Waals surface area contributed by atoms with Gasteiger partial charge in [0.25, 0.3) is 0 Å². The van der Waals surface area contributed by atoms with Gasteiger partial charge in [0.15, 0.2) is 5.16 Å². The molecule has 3 aromatic rings. The number of thioether (sulfide) groups is 1. The molecule has 0 aliphatic heterocycles. The molecule has 3 rings (SSSR count). The maximum Gasteiger partial charge on any atom is 0.230 e. The van der Waals surface area contributed by atoms with Crippen LogP contribution in [-0.4, -0.2) is 26.4 Å². The molecule has 0 saturated carbocycles. The fraction of sp³-hybridized carbons (Fsp3) is 0.188. The smallest absolute Gasteiger partial charge is 0.230 e. The Hall–Kier alpha value is -2.54. The van der Waals surface area contributed by atoms with Crippen molar-refractivity contribution in [1.82, 2.24) is 20.1 Å². The summed E-state index contributed by atoms with van der Waals surface area (Å²) in [5.41, 5.74) is 2.13. The molecular weight excluding hydrogens is 312 g/mol. The van der Waals surface area contributed by atoms with E-state index in [-0.39, 0.29) is 11.7 Å². The summed E-state index contributed by atoms with van der Waals surface area (Å²) in [4.78, 5) is 11.9. The topological polar surface area (TPSA) is 73.0 Å². The minimum atomic E-state index is -0.0780. The number of carbonyl (C=O) groups excluding carboxylic acids is 1. The van der Waals surface area contributed by atoms with E-state index in [0.717, 1.165) is 17.0 Å². The summed E-state index contributed by atoms with van der Waals surface area (Å²) in [5.74, 6) is 0.919. The summed E-state index contributed by atoms with van der Waals surface area (Å²) < 4.78 is 7.07. The van der Waals surface area contributed by atoms with Crippen molar-refractivity contribution in [2.75, 3.05) is 5.75 Å². The number of aromatic nitrogens is 3. The number of hydrogen-bond donors (Lipinski definition) is 1. The first-order valence-electron chi connectivity index (χ1n) is 7.12. The molecule has 6 nitrogen and oxygen atoms in total. The van der Waals surface area contributed by atoms with Crippen molar-refractivity contribution in [2.24, 2.45) is 0 Å². The van der Waals surface area contributed by atoms with E-state index < -0.39 is 0 Å². The van der Waals surface area contributed by atoms with Crippen LogP contribution < -0.4 is 5.32 Å². The zero-order valence-electron chi connectivity index (χ0n) is 12.6. The van der Waals surface area contributed by atoms with Crippen LogP contribution in [0.1, 0.15) is 11.3 Å². The van der Waals surface area contributed by atoms with Gasteiger partial charge >= 0.3 is 0 Å². The molecule has 2 heterocycles. The van der Waals surface area contributed by atoms with Crippen LogP contribution in [0.2, 0.25) is 0 Å². The number of nitrogens with one attached hydrogen (secondary N) is 1. The van der Waals surface area contributed by atoms with Crippen molar-refractivity contribution in [3.8, 4) is 5.69 Å². The first-order chi connectivity index (χ1) is 11.2. The van der Waals surface area contributed by atoms with E-state index in [1.54, 1.807) is 18.7 Å². The summed E-state index contributed by atoms with van der Waals surface area (Å²) in [6.07, 6.45) is 3.24. The minimum absolute atomic E-state index is 0.0780. The number of para-hydroxylation sites is 1. The van der Waals surface area contributed by atoms with Crippen molar-refractivity contribution < 1.29 is 9.21 Å². The molecule has 0 atom stereocenters. The van der Waals surface area contributed by atoms with Gasteiger partial charge in [0.1, 0.15) is 12.1 Å². The molecular formula is C16H16N4O2S. The Labute approximate surface area is 137 Å². The standard InChI is InChI=1S/C16H16N4O2S/c1-12-5-2-3-7-14(12)20-11-18-19-16(20)23-10-15(21)17-9-13-6-4-8-22-13/h2-8,11H,9-10H2,1H3,(H,17,21). The van der Waals surface area contributed by atoms with Gasteiger partial charge in [-0.05, 0) is 30.7 Å². The SMILES string of the molecule is Cc1ccccc1-n1cnnc1SCC(=O)NCc1ccco1. The Morgan fingerprint density at radius 1 is 1.30 bits per heavy atom. The number of hydrogen-bond acceptors (Lipinski definition) is 5. The monoisotopic (exact) mass is 328 g/mol. The van der Waals surface area contributed by atoms with Crippen molar-refractivity contribution >= 4 is 17.7 Å². The Bertz CT molecular complexity index is 783.